The fourth-order valence-corrected chi connectivity index (χ4v) is 2.90. The number of hydrogen-bond donors (Lipinski definition) is 1. The summed E-state index contributed by atoms with van der Waals surface area (Å²) >= 11 is 0. The monoisotopic (exact) mass is 391 g/mol. The van der Waals surface area contributed by atoms with Crippen LogP contribution in [0.2, 0.25) is 0 Å². The molecule has 0 aliphatic rings. The summed E-state index contributed by atoms with van der Waals surface area (Å²) in [6.45, 7) is 2.16. The second-order valence-electron chi connectivity index (χ2n) is 6.09. The maximum Gasteiger partial charge on any atom is 0.435 e. The summed E-state index contributed by atoms with van der Waals surface area (Å²) in [6.07, 6.45) is -4.55. The fraction of sp³-hybridized carbons (Fsp3) is 0.250. The van der Waals surface area contributed by atoms with Crippen LogP contribution < -0.4 is 15.2 Å². The number of alkyl halides is 3. The Morgan fingerprint density at radius 1 is 1.00 bits per heavy atom. The molecule has 5 nitrogen and oxygen atoms in total. The van der Waals surface area contributed by atoms with Gasteiger partial charge in [-0.3, -0.25) is 0 Å². The van der Waals surface area contributed by atoms with Crippen LogP contribution in [0.5, 0.6) is 11.5 Å². The van der Waals surface area contributed by atoms with Crippen molar-refractivity contribution in [3.05, 3.63) is 59.8 Å². The number of ether oxygens (including phenoxy) is 2. The Morgan fingerprint density at radius 2 is 1.61 bits per heavy atom. The average molecular weight is 391 g/mol. The molecule has 0 atom stereocenters. The maximum atomic E-state index is 13.5. The van der Waals surface area contributed by atoms with Gasteiger partial charge in [0.2, 0.25) is 0 Å². The van der Waals surface area contributed by atoms with Crippen molar-refractivity contribution < 1.29 is 22.6 Å². The lowest BCUT2D eigenvalue weighted by atomic mass is 10.1. The van der Waals surface area contributed by atoms with Gasteiger partial charge < -0.3 is 15.2 Å². The molecule has 1 aromatic heterocycles. The van der Waals surface area contributed by atoms with Crippen molar-refractivity contribution in [1.82, 2.24) is 9.78 Å². The van der Waals surface area contributed by atoms with Crippen molar-refractivity contribution in [3.8, 4) is 28.4 Å². The molecule has 0 radical (unpaired) electrons. The molecule has 0 spiro atoms. The molecule has 3 aromatic rings. The van der Waals surface area contributed by atoms with Gasteiger partial charge in [0.25, 0.3) is 0 Å². The highest BCUT2D eigenvalue weighted by molar-refractivity contribution is 5.68. The van der Waals surface area contributed by atoms with E-state index < -0.39 is 11.9 Å². The van der Waals surface area contributed by atoms with E-state index in [1.54, 1.807) is 48.5 Å². The number of hydrogen-bond acceptors (Lipinski definition) is 4. The Labute approximate surface area is 160 Å². The van der Waals surface area contributed by atoms with Crippen molar-refractivity contribution in [1.29, 1.82) is 0 Å². The van der Waals surface area contributed by atoms with Crippen molar-refractivity contribution in [2.24, 2.45) is 5.73 Å². The highest BCUT2D eigenvalue weighted by atomic mass is 19.4. The molecule has 2 N–H and O–H groups in total. The van der Waals surface area contributed by atoms with Gasteiger partial charge in [0.1, 0.15) is 18.1 Å². The Morgan fingerprint density at radius 3 is 2.14 bits per heavy atom. The topological polar surface area (TPSA) is 62.3 Å². The van der Waals surface area contributed by atoms with Crippen LogP contribution in [-0.2, 0) is 6.18 Å². The van der Waals surface area contributed by atoms with Gasteiger partial charge in [0.05, 0.1) is 18.5 Å². The summed E-state index contributed by atoms with van der Waals surface area (Å²) in [7, 11) is 1.52. The summed E-state index contributed by atoms with van der Waals surface area (Å²) < 4.78 is 52.3. The van der Waals surface area contributed by atoms with Crippen LogP contribution in [0.4, 0.5) is 13.2 Å². The minimum Gasteiger partial charge on any atom is -0.497 e. The van der Waals surface area contributed by atoms with Crippen LogP contribution in [0.25, 0.3) is 16.9 Å². The quantitative estimate of drug-likeness (QED) is 0.684. The zero-order chi connectivity index (χ0) is 20.3. The average Bonchev–Trinajstić information content (AvgIpc) is 3.04. The predicted molar refractivity (Wildman–Crippen MR) is 99.8 cm³/mol. The van der Waals surface area contributed by atoms with Crippen LogP contribution in [0.1, 0.15) is 11.3 Å². The van der Waals surface area contributed by atoms with Crippen LogP contribution in [0, 0.1) is 6.92 Å². The first kappa shape index (κ1) is 19.8. The van der Waals surface area contributed by atoms with E-state index in [2.05, 4.69) is 5.10 Å². The minimum atomic E-state index is -4.55. The molecule has 0 amide bonds. The number of halogens is 3. The van der Waals surface area contributed by atoms with Gasteiger partial charge in [0, 0.05) is 17.7 Å². The lowest BCUT2D eigenvalue weighted by Crippen LogP contribution is -2.10. The van der Waals surface area contributed by atoms with Gasteiger partial charge in [-0.1, -0.05) is 0 Å². The molecule has 0 fully saturated rings. The molecule has 2 aromatic carbocycles. The summed E-state index contributed by atoms with van der Waals surface area (Å²) in [5, 5.41) is 3.86. The number of aromatic nitrogens is 2. The first-order valence-corrected chi connectivity index (χ1v) is 8.59. The molecular formula is C20H20F3N3O2. The molecule has 3 rings (SSSR count). The number of methoxy groups -OCH3 is 1. The molecule has 28 heavy (non-hydrogen) atoms. The van der Waals surface area contributed by atoms with Gasteiger partial charge in [-0.15, -0.1) is 0 Å². The largest absolute Gasteiger partial charge is 0.497 e. The third-order valence-electron chi connectivity index (χ3n) is 4.22. The summed E-state index contributed by atoms with van der Waals surface area (Å²) in [6, 6.07) is 13.5. The Balaban J connectivity index is 2.11. The smallest absolute Gasteiger partial charge is 0.435 e. The number of rotatable bonds is 6. The molecule has 0 unspecified atom stereocenters. The number of nitrogens with zero attached hydrogens (tertiary/aromatic N) is 2. The molecule has 0 saturated carbocycles. The molecule has 0 aliphatic carbocycles. The zero-order valence-corrected chi connectivity index (χ0v) is 15.5. The molecular weight excluding hydrogens is 371 g/mol. The first-order chi connectivity index (χ1) is 13.3. The Kier molecular flexibility index (Phi) is 5.60. The van der Waals surface area contributed by atoms with Gasteiger partial charge >= 0.3 is 6.18 Å². The molecule has 0 bridgehead atoms. The highest BCUT2D eigenvalue weighted by Gasteiger charge is 2.38. The van der Waals surface area contributed by atoms with E-state index in [0.29, 0.717) is 41.6 Å². The van der Waals surface area contributed by atoms with Crippen LogP contribution in [0.3, 0.4) is 0 Å². The number of benzene rings is 2. The third-order valence-corrected chi connectivity index (χ3v) is 4.22. The predicted octanol–water partition coefficient (Wildman–Crippen LogP) is 4.21. The lowest BCUT2D eigenvalue weighted by molar-refractivity contribution is -0.141. The second kappa shape index (κ2) is 7.93. The Hall–Kier alpha value is -3.00. The van der Waals surface area contributed by atoms with Crippen LogP contribution in [-0.4, -0.2) is 30.0 Å². The van der Waals surface area contributed by atoms with E-state index in [0.717, 1.165) is 0 Å². The maximum absolute atomic E-state index is 13.5. The van der Waals surface area contributed by atoms with E-state index >= 15 is 0 Å². The molecule has 0 saturated heterocycles. The first-order valence-electron chi connectivity index (χ1n) is 8.59. The zero-order valence-electron chi connectivity index (χ0n) is 15.5. The van der Waals surface area contributed by atoms with Crippen LogP contribution >= 0.6 is 0 Å². The molecule has 8 heteroatoms. The van der Waals surface area contributed by atoms with Gasteiger partial charge in [-0.05, 0) is 55.5 Å². The SMILES string of the molecule is COc1ccc(-n2nc(C(F)(F)F)c(C)c2-c2ccc(OCCN)cc2)cc1. The van der Waals surface area contributed by atoms with E-state index in [-0.39, 0.29) is 5.56 Å². The standard InChI is InChI=1S/C20H20F3N3O2/c1-13-18(14-3-7-17(8-4-14)28-12-11-24)26(25-19(13)20(21,22)23)15-5-9-16(27-2)10-6-15/h3-10H,11-12,24H2,1-2H3. The normalized spacial score (nSPS) is 11.5. The van der Waals surface area contributed by atoms with E-state index in [1.165, 1.54) is 18.7 Å². The minimum absolute atomic E-state index is 0.0546. The van der Waals surface area contributed by atoms with Gasteiger partial charge in [-0.25, -0.2) is 4.68 Å². The van der Waals surface area contributed by atoms with Crippen LogP contribution in [0.15, 0.2) is 48.5 Å². The van der Waals surface area contributed by atoms with Crippen molar-refractivity contribution in [2.75, 3.05) is 20.3 Å². The Bertz CT molecular complexity index is 933. The van der Waals surface area contributed by atoms with Gasteiger partial charge in [-0.2, -0.15) is 18.3 Å². The second-order valence-corrected chi connectivity index (χ2v) is 6.09. The summed E-state index contributed by atoms with van der Waals surface area (Å²) in [5.41, 5.74) is 6.01. The van der Waals surface area contributed by atoms with E-state index in [4.69, 9.17) is 15.2 Å². The van der Waals surface area contributed by atoms with Crippen molar-refractivity contribution >= 4 is 0 Å². The molecule has 1 heterocycles. The molecule has 148 valence electrons. The molecule has 0 aliphatic heterocycles. The summed E-state index contributed by atoms with van der Waals surface area (Å²) in [4.78, 5) is 0. The fourth-order valence-electron chi connectivity index (χ4n) is 2.90. The van der Waals surface area contributed by atoms with Crippen molar-refractivity contribution in [3.63, 3.8) is 0 Å². The van der Waals surface area contributed by atoms with E-state index in [9.17, 15) is 13.2 Å². The van der Waals surface area contributed by atoms with Gasteiger partial charge in [0.15, 0.2) is 5.69 Å². The number of nitrogens with two attached hydrogens (primary N) is 1. The van der Waals surface area contributed by atoms with E-state index in [1.807, 2.05) is 0 Å². The van der Waals surface area contributed by atoms with Crippen molar-refractivity contribution in [2.45, 2.75) is 13.1 Å². The summed E-state index contributed by atoms with van der Waals surface area (Å²) in [5.74, 6) is 1.20. The highest BCUT2D eigenvalue weighted by Crippen LogP contribution is 2.37. The third kappa shape index (κ3) is 3.96. The lowest BCUT2D eigenvalue weighted by Gasteiger charge is -2.11.